The number of hydrogen-bond donors (Lipinski definition) is 1. The number of rotatable bonds is 2. The van der Waals surface area contributed by atoms with Crippen molar-refractivity contribution in [3.63, 3.8) is 0 Å². The van der Waals surface area contributed by atoms with E-state index in [1.807, 2.05) is 20.8 Å². The maximum Gasteiger partial charge on any atom is 0.410 e. The number of anilines is 1. The molecule has 2 heterocycles. The topological polar surface area (TPSA) is 67.3 Å². The highest BCUT2D eigenvalue weighted by molar-refractivity contribution is 9.10. The average molecular weight is 357 g/mol. The predicted octanol–water partition coefficient (Wildman–Crippen LogP) is 3.05. The van der Waals surface area contributed by atoms with Crippen molar-refractivity contribution in [1.82, 2.24) is 14.9 Å². The summed E-state index contributed by atoms with van der Waals surface area (Å²) in [7, 11) is 0. The molecule has 7 heteroatoms. The molecule has 6 nitrogen and oxygen atoms in total. The van der Waals surface area contributed by atoms with Crippen molar-refractivity contribution in [2.45, 2.75) is 45.3 Å². The van der Waals surface area contributed by atoms with E-state index in [0.717, 1.165) is 23.9 Å². The van der Waals surface area contributed by atoms with Crippen molar-refractivity contribution < 1.29 is 9.53 Å². The minimum Gasteiger partial charge on any atom is -0.444 e. The van der Waals surface area contributed by atoms with Gasteiger partial charge in [-0.15, -0.1) is 0 Å². The molecule has 1 atom stereocenters. The van der Waals surface area contributed by atoms with E-state index < -0.39 is 5.60 Å². The lowest BCUT2D eigenvalue weighted by Crippen LogP contribution is -2.47. The van der Waals surface area contributed by atoms with Crippen LogP contribution in [0.5, 0.6) is 0 Å². The highest BCUT2D eigenvalue weighted by Gasteiger charge is 2.27. The van der Waals surface area contributed by atoms with Crippen LogP contribution in [0.25, 0.3) is 0 Å². The van der Waals surface area contributed by atoms with Crippen LogP contribution in [0.15, 0.2) is 16.9 Å². The van der Waals surface area contributed by atoms with Crippen LogP contribution >= 0.6 is 15.9 Å². The van der Waals surface area contributed by atoms with Gasteiger partial charge in [-0.3, -0.25) is 0 Å². The highest BCUT2D eigenvalue weighted by atomic mass is 79.9. The molecule has 1 N–H and O–H groups in total. The fraction of sp³-hybridized carbons (Fsp3) is 0.643. The van der Waals surface area contributed by atoms with E-state index in [1.54, 1.807) is 17.3 Å². The molecule has 0 aliphatic carbocycles. The Labute approximate surface area is 133 Å². The second kappa shape index (κ2) is 6.60. The number of nitrogens with one attached hydrogen (secondary N) is 1. The number of amides is 1. The summed E-state index contributed by atoms with van der Waals surface area (Å²) in [6.07, 6.45) is 5.06. The van der Waals surface area contributed by atoms with Gasteiger partial charge in [0.25, 0.3) is 0 Å². The molecule has 0 spiro atoms. The number of likely N-dealkylation sites (tertiary alicyclic amines) is 1. The molecule has 0 radical (unpaired) electrons. The van der Waals surface area contributed by atoms with E-state index >= 15 is 0 Å². The number of piperidine rings is 1. The second-order valence-electron chi connectivity index (χ2n) is 6.13. The number of ether oxygens (including phenoxy) is 1. The van der Waals surface area contributed by atoms with Gasteiger partial charge in [-0.1, -0.05) is 0 Å². The minimum atomic E-state index is -0.466. The molecule has 0 saturated carbocycles. The molecule has 1 amide bonds. The Hall–Kier alpha value is -1.37. The molecule has 0 aromatic carbocycles. The van der Waals surface area contributed by atoms with Crippen molar-refractivity contribution in [3.05, 3.63) is 16.9 Å². The molecule has 116 valence electrons. The Morgan fingerprint density at radius 1 is 1.43 bits per heavy atom. The summed E-state index contributed by atoms with van der Waals surface area (Å²) in [5.41, 5.74) is -0.466. The largest absolute Gasteiger partial charge is 0.444 e. The van der Waals surface area contributed by atoms with Crippen LogP contribution in [-0.2, 0) is 4.74 Å². The molecule has 1 unspecified atom stereocenters. The van der Waals surface area contributed by atoms with Gasteiger partial charge in [-0.25, -0.2) is 14.8 Å². The van der Waals surface area contributed by atoms with E-state index in [1.165, 1.54) is 0 Å². The Bertz CT molecular complexity index is 487. The first-order valence-corrected chi connectivity index (χ1v) is 7.85. The van der Waals surface area contributed by atoms with Crippen LogP contribution in [-0.4, -0.2) is 45.7 Å². The van der Waals surface area contributed by atoms with Crippen LogP contribution in [0.3, 0.4) is 0 Å². The molecular weight excluding hydrogens is 336 g/mol. The molecule has 1 aromatic heterocycles. The average Bonchev–Trinajstić information content (AvgIpc) is 2.40. The monoisotopic (exact) mass is 356 g/mol. The van der Waals surface area contributed by atoms with Crippen LogP contribution < -0.4 is 5.32 Å². The van der Waals surface area contributed by atoms with Crippen molar-refractivity contribution in [2.24, 2.45) is 0 Å². The third kappa shape index (κ3) is 5.15. The smallest absolute Gasteiger partial charge is 0.410 e. The van der Waals surface area contributed by atoms with Gasteiger partial charge in [-0.05, 0) is 49.5 Å². The zero-order valence-corrected chi connectivity index (χ0v) is 14.2. The van der Waals surface area contributed by atoms with Crippen LogP contribution in [0.4, 0.5) is 10.7 Å². The van der Waals surface area contributed by atoms with Crippen LogP contribution in [0.2, 0.25) is 0 Å². The summed E-state index contributed by atoms with van der Waals surface area (Å²) in [5.74, 6) is 0.578. The SMILES string of the molecule is CC(C)(C)OC(=O)N1CCCC(Nc2ncc(Br)cn2)C1. The van der Waals surface area contributed by atoms with Crippen molar-refractivity contribution >= 4 is 28.0 Å². The molecule has 1 fully saturated rings. The molecule has 1 aliphatic heterocycles. The molecule has 21 heavy (non-hydrogen) atoms. The van der Waals surface area contributed by atoms with Crippen molar-refractivity contribution in [2.75, 3.05) is 18.4 Å². The first-order chi connectivity index (χ1) is 9.83. The summed E-state index contributed by atoms with van der Waals surface area (Å²) in [5, 5.41) is 3.26. The Morgan fingerprint density at radius 3 is 2.71 bits per heavy atom. The zero-order valence-electron chi connectivity index (χ0n) is 12.6. The lowest BCUT2D eigenvalue weighted by atomic mass is 10.1. The first-order valence-electron chi connectivity index (χ1n) is 7.05. The van der Waals surface area contributed by atoms with Gasteiger partial charge in [0.2, 0.25) is 5.95 Å². The quantitative estimate of drug-likeness (QED) is 0.881. The summed E-state index contributed by atoms with van der Waals surface area (Å²) in [4.78, 5) is 22.2. The maximum absolute atomic E-state index is 12.1. The predicted molar refractivity (Wildman–Crippen MR) is 84.2 cm³/mol. The van der Waals surface area contributed by atoms with Gasteiger partial charge in [0.05, 0.1) is 4.47 Å². The van der Waals surface area contributed by atoms with E-state index in [2.05, 4.69) is 31.2 Å². The van der Waals surface area contributed by atoms with E-state index in [0.29, 0.717) is 12.5 Å². The van der Waals surface area contributed by atoms with Crippen molar-refractivity contribution in [3.8, 4) is 0 Å². The van der Waals surface area contributed by atoms with Crippen molar-refractivity contribution in [1.29, 1.82) is 0 Å². The van der Waals surface area contributed by atoms with Gasteiger partial charge in [0.1, 0.15) is 5.60 Å². The summed E-state index contributed by atoms with van der Waals surface area (Å²) < 4.78 is 6.25. The lowest BCUT2D eigenvalue weighted by molar-refractivity contribution is 0.0206. The molecular formula is C14H21BrN4O2. The fourth-order valence-electron chi connectivity index (χ4n) is 2.16. The standard InChI is InChI=1S/C14H21BrN4O2/c1-14(2,3)21-13(20)19-6-4-5-11(9-19)18-12-16-7-10(15)8-17-12/h7-8,11H,4-6,9H2,1-3H3,(H,16,17,18). The number of halogens is 1. The zero-order chi connectivity index (χ0) is 15.5. The summed E-state index contributed by atoms with van der Waals surface area (Å²) in [6, 6.07) is 0.146. The van der Waals surface area contributed by atoms with E-state index in [4.69, 9.17) is 4.74 Å². The number of nitrogens with zero attached hydrogens (tertiary/aromatic N) is 3. The van der Waals surface area contributed by atoms with Gasteiger partial charge in [0, 0.05) is 31.5 Å². The first kappa shape index (κ1) is 16.0. The Kier molecular flexibility index (Phi) is 5.03. The maximum atomic E-state index is 12.1. The third-order valence-corrected chi connectivity index (χ3v) is 3.44. The third-order valence-electron chi connectivity index (χ3n) is 3.03. The molecule has 1 aliphatic rings. The van der Waals surface area contributed by atoms with E-state index in [-0.39, 0.29) is 12.1 Å². The molecule has 0 bridgehead atoms. The van der Waals surface area contributed by atoms with Gasteiger partial charge in [0.15, 0.2) is 0 Å². The van der Waals surface area contributed by atoms with E-state index in [9.17, 15) is 4.79 Å². The number of aromatic nitrogens is 2. The fourth-order valence-corrected chi connectivity index (χ4v) is 2.36. The number of hydrogen-bond acceptors (Lipinski definition) is 5. The van der Waals surface area contributed by atoms with Gasteiger partial charge >= 0.3 is 6.09 Å². The molecule has 1 aromatic rings. The summed E-state index contributed by atoms with van der Waals surface area (Å²) >= 11 is 3.30. The lowest BCUT2D eigenvalue weighted by Gasteiger charge is -2.34. The number of carbonyl (C=O) groups is 1. The minimum absolute atomic E-state index is 0.146. The highest BCUT2D eigenvalue weighted by Crippen LogP contribution is 2.17. The second-order valence-corrected chi connectivity index (χ2v) is 7.05. The molecule has 1 saturated heterocycles. The Balaban J connectivity index is 1.91. The van der Waals surface area contributed by atoms with Gasteiger partial charge < -0.3 is 15.0 Å². The number of carbonyl (C=O) groups excluding carboxylic acids is 1. The van der Waals surface area contributed by atoms with Crippen LogP contribution in [0, 0.1) is 0 Å². The van der Waals surface area contributed by atoms with Crippen LogP contribution in [0.1, 0.15) is 33.6 Å². The Morgan fingerprint density at radius 2 is 2.10 bits per heavy atom. The normalized spacial score (nSPS) is 19.2. The van der Waals surface area contributed by atoms with Gasteiger partial charge in [-0.2, -0.15) is 0 Å². The molecule has 2 rings (SSSR count). The summed E-state index contributed by atoms with van der Waals surface area (Å²) in [6.45, 7) is 6.96.